The molecule has 0 radical (unpaired) electrons. The van der Waals surface area contributed by atoms with Crippen molar-refractivity contribution in [1.29, 1.82) is 0 Å². The average Bonchev–Trinajstić information content (AvgIpc) is 3.95. The van der Waals surface area contributed by atoms with Crippen molar-refractivity contribution >= 4 is 41.3 Å². The largest absolute Gasteiger partial charge is 0.511 e. The predicted octanol–water partition coefficient (Wildman–Crippen LogP) is 12.1. The lowest BCUT2D eigenvalue weighted by atomic mass is 9.91. The normalized spacial score (nSPS) is 18.8. The molecule has 60 heavy (non-hydrogen) atoms. The molecule has 1 aromatic heterocycles. The first-order chi connectivity index (χ1) is 28.7. The molecule has 5 heterocycles. The average molecular weight is 809 g/mol. The van der Waals surface area contributed by atoms with E-state index in [0.29, 0.717) is 12.1 Å². The maximum atomic E-state index is 13.2. The molecule has 0 aromatic carbocycles. The fourth-order valence-electron chi connectivity index (χ4n) is 9.15. The summed E-state index contributed by atoms with van der Waals surface area (Å²) in [5.74, 6) is 2.24. The van der Waals surface area contributed by atoms with Gasteiger partial charge in [0.2, 0.25) is 0 Å². The number of esters is 1. The number of aromatic amines is 1. The summed E-state index contributed by atoms with van der Waals surface area (Å²) in [6, 6.07) is 0. The number of hydrogen-bond donors (Lipinski definition) is 2. The highest BCUT2D eigenvalue weighted by Crippen LogP contribution is 2.44. The minimum Gasteiger partial charge on any atom is -0.511 e. The lowest BCUT2D eigenvalue weighted by Gasteiger charge is -2.15. The number of aliphatic imine (C=N–C) groups is 3. The molecule has 0 saturated carbocycles. The van der Waals surface area contributed by atoms with Crippen LogP contribution in [0.3, 0.4) is 0 Å². The molecule has 2 N–H and O–H groups in total. The number of aliphatic hydroxyl groups excluding tert-OH is 1. The van der Waals surface area contributed by atoms with Crippen molar-refractivity contribution in [3.63, 3.8) is 0 Å². The van der Waals surface area contributed by atoms with E-state index in [1.807, 2.05) is 38.2 Å². The molecule has 5 aliphatic rings. The number of ether oxygens (including phenoxy) is 1. The summed E-state index contributed by atoms with van der Waals surface area (Å²) >= 11 is 0. The number of nitrogens with one attached hydrogen (secondary N) is 1. The zero-order chi connectivity index (χ0) is 43.2. The first-order valence-electron chi connectivity index (χ1n) is 22.5. The van der Waals surface area contributed by atoms with Crippen molar-refractivity contribution in [2.45, 2.75) is 140 Å². The van der Waals surface area contributed by atoms with E-state index in [-0.39, 0.29) is 12.4 Å². The van der Waals surface area contributed by atoms with Crippen LogP contribution in [0.2, 0.25) is 0 Å². The Morgan fingerprint density at radius 3 is 2.23 bits per heavy atom. The summed E-state index contributed by atoms with van der Waals surface area (Å²) in [6.07, 6.45) is 26.0. The zero-order valence-electron chi connectivity index (χ0n) is 38.1. The second kappa shape index (κ2) is 19.6. The molecule has 1 aliphatic carbocycles. The summed E-state index contributed by atoms with van der Waals surface area (Å²) in [7, 11) is 0. The second-order valence-electron chi connectivity index (χ2n) is 18.2. The number of carbonyl (C=O) groups excluding carboxylic acids is 1. The van der Waals surface area contributed by atoms with Crippen LogP contribution < -0.4 is 10.7 Å². The molecule has 0 amide bonds. The van der Waals surface area contributed by atoms with Gasteiger partial charge in [0, 0.05) is 45.5 Å². The molecule has 4 aliphatic heterocycles. The van der Waals surface area contributed by atoms with E-state index in [1.54, 1.807) is 0 Å². The van der Waals surface area contributed by atoms with Crippen molar-refractivity contribution < 1.29 is 14.6 Å². The van der Waals surface area contributed by atoms with Gasteiger partial charge in [-0.15, -0.1) is 0 Å². The third-order valence-corrected chi connectivity index (χ3v) is 13.0. The Hall–Kier alpha value is -5.04. The molecule has 0 spiro atoms. The maximum absolute atomic E-state index is 13.2. The van der Waals surface area contributed by atoms with Crippen LogP contribution in [0.15, 0.2) is 113 Å². The van der Waals surface area contributed by atoms with Crippen molar-refractivity contribution in [2.24, 2.45) is 32.7 Å². The van der Waals surface area contributed by atoms with Crippen molar-refractivity contribution in [2.75, 3.05) is 6.61 Å². The summed E-state index contributed by atoms with van der Waals surface area (Å²) in [6.45, 7) is 26.3. The molecule has 2 atom stereocenters. The lowest BCUT2D eigenvalue weighted by Crippen LogP contribution is -2.15. The molecule has 8 bridgehead atoms. The number of nitrogens with zero attached hydrogens (tertiary/aromatic N) is 3. The van der Waals surface area contributed by atoms with E-state index < -0.39 is 5.97 Å². The Labute approximate surface area is 359 Å². The SMILES string of the molecule is C=Cc1c(C)c2[nH]c1=CC1=NC(=CC3=C(C)C4=C(O)CC(=C5N=C(C=2)C(C)=C5/C=C/C(=O)OC/C=C(\C)CCC[C@H](C)CCC[C@H](C)CCCC(C)C)C4=N3)C(CC)=C1C. The first-order valence-corrected chi connectivity index (χ1v) is 22.5. The van der Waals surface area contributed by atoms with E-state index in [0.717, 1.165) is 121 Å². The summed E-state index contributed by atoms with van der Waals surface area (Å²) in [5.41, 5.74) is 14.6. The molecule has 1 aromatic rings. The predicted molar refractivity (Wildman–Crippen MR) is 252 cm³/mol. The van der Waals surface area contributed by atoms with Crippen LogP contribution in [0, 0.1) is 24.7 Å². The fourth-order valence-corrected chi connectivity index (χ4v) is 9.15. The van der Waals surface area contributed by atoms with Crippen LogP contribution in [0.5, 0.6) is 0 Å². The van der Waals surface area contributed by atoms with Gasteiger partial charge in [0.05, 0.1) is 34.2 Å². The number of rotatable bonds is 18. The lowest BCUT2D eigenvalue weighted by molar-refractivity contribution is -0.136. The summed E-state index contributed by atoms with van der Waals surface area (Å²) in [5, 5.41) is 13.3. The van der Waals surface area contributed by atoms with Crippen LogP contribution in [-0.4, -0.2) is 39.8 Å². The van der Waals surface area contributed by atoms with Gasteiger partial charge in [-0.2, -0.15) is 0 Å². The summed E-state index contributed by atoms with van der Waals surface area (Å²) in [4.78, 5) is 32.2. The van der Waals surface area contributed by atoms with E-state index in [1.165, 1.54) is 62.2 Å². The number of hydrogen-bond acceptors (Lipinski definition) is 6. The van der Waals surface area contributed by atoms with Gasteiger partial charge in [0.1, 0.15) is 12.4 Å². The highest BCUT2D eigenvalue weighted by Gasteiger charge is 2.37. The summed E-state index contributed by atoms with van der Waals surface area (Å²) < 4.78 is 5.68. The van der Waals surface area contributed by atoms with Gasteiger partial charge in [-0.3, -0.25) is 0 Å². The third-order valence-electron chi connectivity index (χ3n) is 13.0. The molecule has 0 unspecified atom stereocenters. The van der Waals surface area contributed by atoms with E-state index in [9.17, 15) is 9.90 Å². The molecule has 7 nitrogen and oxygen atoms in total. The van der Waals surface area contributed by atoms with E-state index >= 15 is 0 Å². The molecule has 0 fully saturated rings. The van der Waals surface area contributed by atoms with Crippen LogP contribution in [0.1, 0.15) is 144 Å². The Morgan fingerprint density at radius 1 is 0.883 bits per heavy atom. The fraction of sp³-hybridized carbons (Fsp3) is 0.472. The minimum atomic E-state index is -0.410. The number of fused-ring (bicyclic) bond motifs is 5. The molecule has 0 saturated heterocycles. The third kappa shape index (κ3) is 9.94. The monoisotopic (exact) mass is 809 g/mol. The maximum Gasteiger partial charge on any atom is 0.331 e. The Kier molecular flexibility index (Phi) is 14.5. The highest BCUT2D eigenvalue weighted by atomic mass is 16.5. The van der Waals surface area contributed by atoms with Crippen LogP contribution in [-0.2, 0) is 9.53 Å². The molecule has 6 rings (SSSR count). The van der Waals surface area contributed by atoms with Gasteiger partial charge in [-0.25, -0.2) is 19.8 Å². The highest BCUT2D eigenvalue weighted by molar-refractivity contribution is 6.26. The zero-order valence-corrected chi connectivity index (χ0v) is 38.1. The number of allylic oxidation sites excluding steroid dienone is 9. The van der Waals surface area contributed by atoms with Gasteiger partial charge in [0.25, 0.3) is 0 Å². The minimum absolute atomic E-state index is 0.235. The van der Waals surface area contributed by atoms with Crippen LogP contribution in [0.4, 0.5) is 0 Å². The van der Waals surface area contributed by atoms with Gasteiger partial charge in [-0.1, -0.05) is 97.8 Å². The Bertz CT molecular complexity index is 2410. The van der Waals surface area contributed by atoms with Gasteiger partial charge in [-0.05, 0) is 130 Å². The van der Waals surface area contributed by atoms with Crippen LogP contribution in [0.25, 0.3) is 18.2 Å². The number of aromatic nitrogens is 1. The topological polar surface area (TPSA) is 99.4 Å². The van der Waals surface area contributed by atoms with Crippen molar-refractivity contribution in [3.8, 4) is 0 Å². The molecular weight excluding hydrogens is 741 g/mol. The smallest absolute Gasteiger partial charge is 0.331 e. The first kappa shape index (κ1) is 44.5. The van der Waals surface area contributed by atoms with E-state index in [4.69, 9.17) is 19.7 Å². The van der Waals surface area contributed by atoms with Crippen LogP contribution >= 0.6 is 0 Å². The number of H-pyrrole nitrogens is 1. The standard InChI is InChI=1S/C53H68N4O3/c1-12-39-35(8)43-28-45-37(10)41(23-24-50(59)60-26-25-34(7)22-16-21-33(6)20-15-19-32(5)18-14-17-31(3)4)52(56-45)42-27-49(58)51-38(11)46(57-53(42)51)30-48-40(13-2)36(9)44(55-48)29-47(39)54-43/h12,23-25,28-33,54,58H,1,13-22,26-27H2,2-11H3/b24-23+,34-25+,43-28?,47-29?,48-30?,52-42?/t32-,33-/m1/s1. The van der Waals surface area contributed by atoms with Crippen molar-refractivity contribution in [3.05, 3.63) is 120 Å². The van der Waals surface area contributed by atoms with Gasteiger partial charge < -0.3 is 14.8 Å². The molecule has 318 valence electrons. The Balaban J connectivity index is 1.18. The quantitative estimate of drug-likeness (QED) is 0.0877. The number of aliphatic hydroxyl groups is 1. The van der Waals surface area contributed by atoms with E-state index in [2.05, 4.69) is 79.1 Å². The van der Waals surface area contributed by atoms with Crippen molar-refractivity contribution in [1.82, 2.24) is 4.98 Å². The van der Waals surface area contributed by atoms with Gasteiger partial charge in [0.15, 0.2) is 0 Å². The second-order valence-corrected chi connectivity index (χ2v) is 18.2. The molecule has 7 heteroatoms. The molecular formula is C53H68N4O3. The number of carbonyl (C=O) groups is 1. The van der Waals surface area contributed by atoms with Gasteiger partial charge >= 0.3 is 5.97 Å². The Morgan fingerprint density at radius 2 is 1.55 bits per heavy atom.